The van der Waals surface area contributed by atoms with Crippen molar-refractivity contribution in [1.29, 1.82) is 0 Å². The number of rotatable bonds is 7. The van der Waals surface area contributed by atoms with Crippen LogP contribution in [0, 0.1) is 0 Å². The van der Waals surface area contributed by atoms with Crippen LogP contribution in [0.4, 0.5) is 0 Å². The van der Waals surface area contributed by atoms with Gasteiger partial charge in [-0.1, -0.05) is 30.3 Å². The molecule has 0 unspecified atom stereocenters. The van der Waals surface area contributed by atoms with Crippen molar-refractivity contribution < 1.29 is 24.1 Å². The second kappa shape index (κ2) is 7.88. The van der Waals surface area contributed by atoms with Crippen LogP contribution in [-0.4, -0.2) is 17.7 Å². The smallest absolute Gasteiger partial charge is 0.341 e. The van der Waals surface area contributed by atoms with Gasteiger partial charge in [0.25, 0.3) is 0 Å². The fourth-order valence-corrected chi connectivity index (χ4v) is 2.12. The Kier molecular flexibility index (Phi) is 5.16. The Bertz CT molecular complexity index is 828. The lowest BCUT2D eigenvalue weighted by Crippen LogP contribution is -2.09. The second-order valence-electron chi connectivity index (χ2n) is 5.12. The molecule has 3 aromatic carbocycles. The number of carboxylic acid groups (broad SMARTS) is 1. The number of benzene rings is 3. The molecule has 126 valence electrons. The fourth-order valence-electron chi connectivity index (χ4n) is 2.12. The SMILES string of the molecule is O=C(O)COc1ccccc1Oc1ccc(Oc2ccccc2)cc1. The van der Waals surface area contributed by atoms with Crippen molar-refractivity contribution in [3.8, 4) is 28.7 Å². The highest BCUT2D eigenvalue weighted by atomic mass is 16.5. The first-order valence-corrected chi connectivity index (χ1v) is 7.65. The third-order valence-electron chi connectivity index (χ3n) is 3.23. The van der Waals surface area contributed by atoms with Gasteiger partial charge in [0, 0.05) is 0 Å². The molecule has 0 bridgehead atoms. The number of ether oxygens (including phenoxy) is 3. The Hall–Kier alpha value is -3.47. The van der Waals surface area contributed by atoms with Crippen LogP contribution in [0.15, 0.2) is 78.9 Å². The molecule has 3 aromatic rings. The summed E-state index contributed by atoms with van der Waals surface area (Å²) >= 11 is 0. The van der Waals surface area contributed by atoms with Gasteiger partial charge in [0.1, 0.15) is 17.2 Å². The van der Waals surface area contributed by atoms with E-state index in [0.29, 0.717) is 23.0 Å². The summed E-state index contributed by atoms with van der Waals surface area (Å²) < 4.78 is 16.7. The summed E-state index contributed by atoms with van der Waals surface area (Å²) in [7, 11) is 0. The summed E-state index contributed by atoms with van der Waals surface area (Å²) in [6, 6.07) is 23.5. The zero-order valence-electron chi connectivity index (χ0n) is 13.3. The molecule has 0 fully saturated rings. The van der Waals surface area contributed by atoms with Gasteiger partial charge in [-0.2, -0.15) is 0 Å². The summed E-state index contributed by atoms with van der Waals surface area (Å²) in [5.41, 5.74) is 0. The van der Waals surface area contributed by atoms with Crippen molar-refractivity contribution in [2.75, 3.05) is 6.61 Å². The molecule has 0 aliphatic heterocycles. The maximum atomic E-state index is 10.7. The van der Waals surface area contributed by atoms with Crippen molar-refractivity contribution in [1.82, 2.24) is 0 Å². The number of para-hydroxylation sites is 3. The van der Waals surface area contributed by atoms with Crippen LogP contribution in [0.25, 0.3) is 0 Å². The molecule has 0 heterocycles. The van der Waals surface area contributed by atoms with E-state index in [9.17, 15) is 4.79 Å². The molecule has 5 nitrogen and oxygen atoms in total. The van der Waals surface area contributed by atoms with Gasteiger partial charge in [-0.3, -0.25) is 0 Å². The predicted octanol–water partition coefficient (Wildman–Crippen LogP) is 4.73. The monoisotopic (exact) mass is 336 g/mol. The maximum Gasteiger partial charge on any atom is 0.341 e. The molecule has 0 aliphatic rings. The lowest BCUT2D eigenvalue weighted by atomic mass is 10.3. The molecule has 5 heteroatoms. The van der Waals surface area contributed by atoms with Gasteiger partial charge in [0.15, 0.2) is 18.1 Å². The largest absolute Gasteiger partial charge is 0.479 e. The number of carboxylic acids is 1. The van der Waals surface area contributed by atoms with Crippen molar-refractivity contribution in [2.24, 2.45) is 0 Å². The Morgan fingerprint density at radius 2 is 1.20 bits per heavy atom. The van der Waals surface area contributed by atoms with Crippen LogP contribution < -0.4 is 14.2 Å². The Morgan fingerprint density at radius 3 is 1.84 bits per heavy atom. The first-order chi connectivity index (χ1) is 12.2. The number of hydrogen-bond donors (Lipinski definition) is 1. The van der Waals surface area contributed by atoms with Crippen LogP contribution in [-0.2, 0) is 4.79 Å². The van der Waals surface area contributed by atoms with E-state index in [1.54, 1.807) is 48.5 Å². The zero-order valence-corrected chi connectivity index (χ0v) is 13.3. The summed E-state index contributed by atoms with van der Waals surface area (Å²) in [5, 5.41) is 8.73. The van der Waals surface area contributed by atoms with Gasteiger partial charge in [-0.15, -0.1) is 0 Å². The first-order valence-electron chi connectivity index (χ1n) is 7.65. The van der Waals surface area contributed by atoms with Crippen molar-refractivity contribution in [3.63, 3.8) is 0 Å². The van der Waals surface area contributed by atoms with Gasteiger partial charge in [0.05, 0.1) is 0 Å². The Morgan fingerprint density at radius 1 is 0.680 bits per heavy atom. The van der Waals surface area contributed by atoms with Crippen LogP contribution in [0.3, 0.4) is 0 Å². The molecule has 0 aliphatic carbocycles. The van der Waals surface area contributed by atoms with E-state index in [0.717, 1.165) is 5.75 Å². The maximum absolute atomic E-state index is 10.7. The van der Waals surface area contributed by atoms with E-state index in [1.807, 2.05) is 30.3 Å². The van der Waals surface area contributed by atoms with Gasteiger partial charge in [-0.05, 0) is 48.5 Å². The molecule has 0 amide bonds. The van der Waals surface area contributed by atoms with E-state index >= 15 is 0 Å². The fraction of sp³-hybridized carbons (Fsp3) is 0.0500. The van der Waals surface area contributed by atoms with Crippen molar-refractivity contribution in [3.05, 3.63) is 78.9 Å². The summed E-state index contributed by atoms with van der Waals surface area (Å²) in [6.07, 6.45) is 0. The highest BCUT2D eigenvalue weighted by Gasteiger charge is 2.08. The predicted molar refractivity (Wildman–Crippen MR) is 92.6 cm³/mol. The molecular weight excluding hydrogens is 320 g/mol. The van der Waals surface area contributed by atoms with Gasteiger partial charge < -0.3 is 19.3 Å². The van der Waals surface area contributed by atoms with E-state index < -0.39 is 12.6 Å². The number of aliphatic carboxylic acids is 1. The van der Waals surface area contributed by atoms with Crippen LogP contribution in [0.1, 0.15) is 0 Å². The Balaban J connectivity index is 1.68. The molecule has 0 spiro atoms. The van der Waals surface area contributed by atoms with Crippen LogP contribution >= 0.6 is 0 Å². The van der Waals surface area contributed by atoms with Crippen molar-refractivity contribution in [2.45, 2.75) is 0 Å². The van der Waals surface area contributed by atoms with Gasteiger partial charge in [0.2, 0.25) is 0 Å². The van der Waals surface area contributed by atoms with E-state index in [-0.39, 0.29) is 0 Å². The molecule has 0 atom stereocenters. The third-order valence-corrected chi connectivity index (χ3v) is 3.23. The third kappa shape index (κ3) is 4.75. The molecule has 1 N–H and O–H groups in total. The van der Waals surface area contributed by atoms with Gasteiger partial charge >= 0.3 is 5.97 Å². The lowest BCUT2D eigenvalue weighted by Gasteiger charge is -2.12. The number of carbonyl (C=O) groups is 1. The molecule has 0 saturated carbocycles. The van der Waals surface area contributed by atoms with E-state index in [2.05, 4.69) is 0 Å². The Labute approximate surface area is 145 Å². The second-order valence-corrected chi connectivity index (χ2v) is 5.12. The standard InChI is InChI=1S/C20H16O5/c21-20(22)14-23-18-8-4-5-9-19(18)25-17-12-10-16(11-13-17)24-15-6-2-1-3-7-15/h1-13H,14H2,(H,21,22). The van der Waals surface area contributed by atoms with E-state index in [1.165, 1.54) is 0 Å². The molecule has 0 radical (unpaired) electrons. The molecular formula is C20H16O5. The molecule has 0 aromatic heterocycles. The quantitative estimate of drug-likeness (QED) is 0.675. The zero-order chi connectivity index (χ0) is 17.5. The molecule has 25 heavy (non-hydrogen) atoms. The average molecular weight is 336 g/mol. The first kappa shape index (κ1) is 16.4. The number of hydrogen-bond acceptors (Lipinski definition) is 4. The van der Waals surface area contributed by atoms with Crippen LogP contribution in [0.5, 0.6) is 28.7 Å². The summed E-state index contributed by atoms with van der Waals surface area (Å²) in [4.78, 5) is 10.7. The molecule has 3 rings (SSSR count). The minimum Gasteiger partial charge on any atom is -0.479 e. The van der Waals surface area contributed by atoms with Crippen molar-refractivity contribution >= 4 is 5.97 Å². The molecule has 0 saturated heterocycles. The van der Waals surface area contributed by atoms with Gasteiger partial charge in [-0.25, -0.2) is 4.79 Å². The lowest BCUT2D eigenvalue weighted by molar-refractivity contribution is -0.139. The average Bonchev–Trinajstić information content (AvgIpc) is 2.63. The summed E-state index contributed by atoms with van der Waals surface area (Å²) in [6.45, 7) is -0.426. The minimum absolute atomic E-state index is 0.370. The highest BCUT2D eigenvalue weighted by molar-refractivity contribution is 5.68. The minimum atomic E-state index is -1.04. The topological polar surface area (TPSA) is 65.0 Å². The normalized spacial score (nSPS) is 10.1. The van der Waals surface area contributed by atoms with Crippen LogP contribution in [0.2, 0.25) is 0 Å². The van der Waals surface area contributed by atoms with E-state index in [4.69, 9.17) is 19.3 Å². The highest BCUT2D eigenvalue weighted by Crippen LogP contribution is 2.32. The summed E-state index contributed by atoms with van der Waals surface area (Å²) in [5.74, 6) is 1.80.